The molecule has 1 aromatic heterocycles. The molecular weight excluding hydrogens is 270 g/mol. The van der Waals surface area contributed by atoms with E-state index >= 15 is 0 Å². The summed E-state index contributed by atoms with van der Waals surface area (Å²) in [6.07, 6.45) is 3.45. The number of aromatic nitrogens is 1. The molecule has 6 heteroatoms. The van der Waals surface area contributed by atoms with Gasteiger partial charge in [0.05, 0.1) is 6.54 Å². The van der Waals surface area contributed by atoms with Crippen LogP contribution in [0.4, 0.5) is 5.69 Å². The predicted molar refractivity (Wildman–Crippen MR) is 77.1 cm³/mol. The molecule has 0 fully saturated rings. The maximum Gasteiger partial charge on any atom is 0.238 e. The zero-order valence-corrected chi connectivity index (χ0v) is 11.3. The summed E-state index contributed by atoms with van der Waals surface area (Å²) in [5.41, 5.74) is 1.77. The highest BCUT2D eigenvalue weighted by Gasteiger charge is 2.13. The van der Waals surface area contributed by atoms with Crippen LogP contribution in [0.2, 0.25) is 0 Å². The molecule has 2 aromatic rings. The van der Waals surface area contributed by atoms with E-state index in [9.17, 15) is 4.79 Å². The minimum atomic E-state index is -0.108. The van der Waals surface area contributed by atoms with Crippen LogP contribution in [0.3, 0.4) is 0 Å². The van der Waals surface area contributed by atoms with Crippen LogP contribution in [-0.2, 0) is 11.3 Å². The summed E-state index contributed by atoms with van der Waals surface area (Å²) in [5.74, 6) is 1.24. The summed E-state index contributed by atoms with van der Waals surface area (Å²) in [4.78, 5) is 15.8. The molecule has 108 valence electrons. The summed E-state index contributed by atoms with van der Waals surface area (Å²) >= 11 is 0. The summed E-state index contributed by atoms with van der Waals surface area (Å²) < 4.78 is 10.5. The van der Waals surface area contributed by atoms with Crippen LogP contribution in [0.15, 0.2) is 42.7 Å². The highest BCUT2D eigenvalue weighted by atomic mass is 16.7. The van der Waals surface area contributed by atoms with Gasteiger partial charge in [0.15, 0.2) is 11.5 Å². The van der Waals surface area contributed by atoms with E-state index in [0.717, 1.165) is 5.56 Å². The van der Waals surface area contributed by atoms with E-state index in [-0.39, 0.29) is 19.2 Å². The van der Waals surface area contributed by atoms with E-state index in [0.29, 0.717) is 23.7 Å². The van der Waals surface area contributed by atoms with Crippen LogP contribution in [0.25, 0.3) is 0 Å². The molecule has 1 aliphatic rings. The average molecular weight is 285 g/mol. The zero-order chi connectivity index (χ0) is 14.5. The molecule has 0 bridgehead atoms. The Kier molecular flexibility index (Phi) is 3.97. The van der Waals surface area contributed by atoms with Crippen molar-refractivity contribution in [3.8, 4) is 11.5 Å². The van der Waals surface area contributed by atoms with Crippen molar-refractivity contribution >= 4 is 11.6 Å². The number of benzene rings is 1. The molecule has 21 heavy (non-hydrogen) atoms. The van der Waals surface area contributed by atoms with Crippen LogP contribution < -0.4 is 20.1 Å². The Morgan fingerprint density at radius 2 is 1.95 bits per heavy atom. The number of rotatable bonds is 5. The SMILES string of the molecule is O=C(CNCc1ccncc1)Nc1ccc2c(c1)OCO2. The number of nitrogens with one attached hydrogen (secondary N) is 2. The Labute approximate surface area is 122 Å². The second-order valence-electron chi connectivity index (χ2n) is 4.58. The number of nitrogens with zero attached hydrogens (tertiary/aromatic N) is 1. The van der Waals surface area contributed by atoms with Gasteiger partial charge in [0.2, 0.25) is 12.7 Å². The fourth-order valence-corrected chi connectivity index (χ4v) is 2.00. The number of hydrogen-bond acceptors (Lipinski definition) is 5. The second-order valence-corrected chi connectivity index (χ2v) is 4.58. The molecular formula is C15H15N3O3. The topological polar surface area (TPSA) is 72.5 Å². The lowest BCUT2D eigenvalue weighted by Crippen LogP contribution is -2.27. The first-order valence-corrected chi connectivity index (χ1v) is 6.60. The minimum absolute atomic E-state index is 0.108. The van der Waals surface area contributed by atoms with Gasteiger partial charge in [-0.25, -0.2) is 0 Å². The van der Waals surface area contributed by atoms with Crippen molar-refractivity contribution in [2.24, 2.45) is 0 Å². The fraction of sp³-hybridized carbons (Fsp3) is 0.200. The minimum Gasteiger partial charge on any atom is -0.454 e. The first-order chi connectivity index (χ1) is 10.3. The molecule has 2 N–H and O–H groups in total. The van der Waals surface area contributed by atoms with Crippen molar-refractivity contribution in [1.82, 2.24) is 10.3 Å². The van der Waals surface area contributed by atoms with Crippen LogP contribution in [0.5, 0.6) is 11.5 Å². The Morgan fingerprint density at radius 3 is 2.81 bits per heavy atom. The Hall–Kier alpha value is -2.60. The van der Waals surface area contributed by atoms with Gasteiger partial charge in [0, 0.05) is 30.7 Å². The largest absolute Gasteiger partial charge is 0.454 e. The van der Waals surface area contributed by atoms with Gasteiger partial charge in [-0.3, -0.25) is 9.78 Å². The number of amides is 1. The van der Waals surface area contributed by atoms with Gasteiger partial charge in [-0.15, -0.1) is 0 Å². The number of fused-ring (bicyclic) bond motifs is 1. The first-order valence-electron chi connectivity index (χ1n) is 6.60. The molecule has 2 heterocycles. The second kappa shape index (κ2) is 6.23. The predicted octanol–water partition coefficient (Wildman–Crippen LogP) is 1.54. The maximum absolute atomic E-state index is 11.8. The third-order valence-corrected chi connectivity index (χ3v) is 3.02. The molecule has 0 unspecified atom stereocenters. The van der Waals surface area contributed by atoms with Crippen molar-refractivity contribution in [2.45, 2.75) is 6.54 Å². The lowest BCUT2D eigenvalue weighted by atomic mass is 10.2. The lowest BCUT2D eigenvalue weighted by molar-refractivity contribution is -0.115. The molecule has 1 aliphatic heterocycles. The highest BCUT2D eigenvalue weighted by molar-refractivity contribution is 5.92. The number of ether oxygens (including phenoxy) is 2. The third-order valence-electron chi connectivity index (χ3n) is 3.02. The molecule has 0 atom stereocenters. The van der Waals surface area contributed by atoms with Crippen LogP contribution in [0.1, 0.15) is 5.56 Å². The summed E-state index contributed by atoms with van der Waals surface area (Å²) in [6.45, 7) is 1.08. The summed E-state index contributed by atoms with van der Waals surface area (Å²) in [5, 5.41) is 5.89. The molecule has 0 radical (unpaired) electrons. The van der Waals surface area contributed by atoms with Crippen molar-refractivity contribution in [1.29, 1.82) is 0 Å². The number of pyridine rings is 1. The number of hydrogen-bond donors (Lipinski definition) is 2. The molecule has 0 spiro atoms. The molecule has 1 aromatic carbocycles. The fourth-order valence-electron chi connectivity index (χ4n) is 2.00. The van der Waals surface area contributed by atoms with Gasteiger partial charge >= 0.3 is 0 Å². The highest BCUT2D eigenvalue weighted by Crippen LogP contribution is 2.34. The smallest absolute Gasteiger partial charge is 0.238 e. The summed E-state index contributed by atoms with van der Waals surface area (Å²) in [6, 6.07) is 9.13. The Morgan fingerprint density at radius 1 is 1.14 bits per heavy atom. The maximum atomic E-state index is 11.8. The Balaban J connectivity index is 1.48. The van der Waals surface area contributed by atoms with Gasteiger partial charge < -0.3 is 20.1 Å². The summed E-state index contributed by atoms with van der Waals surface area (Å²) in [7, 11) is 0. The van der Waals surface area contributed by atoms with Crippen molar-refractivity contribution in [2.75, 3.05) is 18.7 Å². The standard InChI is InChI=1S/C15H15N3O3/c19-15(9-17-8-11-3-5-16-6-4-11)18-12-1-2-13-14(7-12)21-10-20-13/h1-7,17H,8-10H2,(H,18,19). The average Bonchev–Trinajstić information content (AvgIpc) is 2.96. The molecule has 1 amide bonds. The van der Waals surface area contributed by atoms with Gasteiger partial charge in [-0.05, 0) is 29.8 Å². The van der Waals surface area contributed by atoms with Gasteiger partial charge in [0.25, 0.3) is 0 Å². The molecule has 0 saturated heterocycles. The van der Waals surface area contributed by atoms with Gasteiger partial charge in [-0.1, -0.05) is 0 Å². The molecule has 6 nitrogen and oxygen atoms in total. The number of anilines is 1. The number of carbonyl (C=O) groups excluding carboxylic acids is 1. The van der Waals surface area contributed by atoms with Crippen molar-refractivity contribution in [3.05, 3.63) is 48.3 Å². The molecule has 0 saturated carbocycles. The van der Waals surface area contributed by atoms with E-state index in [1.807, 2.05) is 12.1 Å². The van der Waals surface area contributed by atoms with Crippen LogP contribution >= 0.6 is 0 Å². The van der Waals surface area contributed by atoms with Crippen LogP contribution in [-0.4, -0.2) is 24.2 Å². The van der Waals surface area contributed by atoms with E-state index in [1.54, 1.807) is 30.6 Å². The van der Waals surface area contributed by atoms with E-state index in [4.69, 9.17) is 9.47 Å². The number of carbonyl (C=O) groups is 1. The quantitative estimate of drug-likeness (QED) is 0.872. The Bertz CT molecular complexity index is 631. The van der Waals surface area contributed by atoms with E-state index < -0.39 is 0 Å². The zero-order valence-electron chi connectivity index (χ0n) is 11.3. The van der Waals surface area contributed by atoms with Crippen molar-refractivity contribution < 1.29 is 14.3 Å². The van der Waals surface area contributed by atoms with E-state index in [1.165, 1.54) is 0 Å². The monoisotopic (exact) mass is 285 g/mol. The molecule has 3 rings (SSSR count). The van der Waals surface area contributed by atoms with E-state index in [2.05, 4.69) is 15.6 Å². The van der Waals surface area contributed by atoms with Crippen molar-refractivity contribution in [3.63, 3.8) is 0 Å². The van der Waals surface area contributed by atoms with Gasteiger partial charge in [0.1, 0.15) is 0 Å². The van der Waals surface area contributed by atoms with Crippen LogP contribution in [0, 0.1) is 0 Å². The lowest BCUT2D eigenvalue weighted by Gasteiger charge is -2.07. The normalized spacial score (nSPS) is 12.2. The third kappa shape index (κ3) is 3.49. The van der Waals surface area contributed by atoms with Gasteiger partial charge in [-0.2, -0.15) is 0 Å². The molecule has 0 aliphatic carbocycles. The first kappa shape index (κ1) is 13.4.